The van der Waals surface area contributed by atoms with Crippen LogP contribution in [0, 0.1) is 18.7 Å². The quantitative estimate of drug-likeness (QED) is 0.469. The molecule has 1 aromatic carbocycles. The molecular weight excluding hydrogens is 451 g/mol. The zero-order chi connectivity index (χ0) is 24.9. The third-order valence-electron chi connectivity index (χ3n) is 5.20. The standard InChI is InChI=1S/C23H27FN2O6S/c1-6-15(13-7-9-14(24)10-8-13)19(27)26-21-16(23(31)32-5)12(4)18(33-21)20(28)25-17(11(2)3)22(29)30/h7-11,15,17H,6H2,1-5H3,(H,25,28)(H,26,27)(H,29,30)/t15?,17-/m1/s1. The van der Waals surface area contributed by atoms with Gasteiger partial charge in [-0.3, -0.25) is 9.59 Å². The summed E-state index contributed by atoms with van der Waals surface area (Å²) in [6.45, 7) is 6.64. The second-order valence-corrected chi connectivity index (χ2v) is 8.81. The number of carbonyl (C=O) groups excluding carboxylic acids is 3. The van der Waals surface area contributed by atoms with Crippen LogP contribution in [0.2, 0.25) is 0 Å². The number of aliphatic carboxylic acids is 1. The van der Waals surface area contributed by atoms with Crippen LogP contribution in [-0.4, -0.2) is 42.0 Å². The average molecular weight is 479 g/mol. The summed E-state index contributed by atoms with van der Waals surface area (Å²) in [7, 11) is 1.18. The van der Waals surface area contributed by atoms with E-state index >= 15 is 0 Å². The molecule has 33 heavy (non-hydrogen) atoms. The highest BCUT2D eigenvalue weighted by Gasteiger charge is 2.31. The van der Waals surface area contributed by atoms with Crippen LogP contribution in [0.5, 0.6) is 0 Å². The minimum absolute atomic E-state index is 0.0198. The Morgan fingerprint density at radius 2 is 1.76 bits per heavy atom. The smallest absolute Gasteiger partial charge is 0.341 e. The van der Waals surface area contributed by atoms with Crippen LogP contribution in [0.15, 0.2) is 24.3 Å². The largest absolute Gasteiger partial charge is 0.480 e. The van der Waals surface area contributed by atoms with Gasteiger partial charge in [0.25, 0.3) is 5.91 Å². The first-order valence-electron chi connectivity index (χ1n) is 10.3. The number of carboxylic acids is 1. The Balaban J connectivity index is 2.40. The van der Waals surface area contributed by atoms with E-state index in [-0.39, 0.29) is 26.9 Å². The minimum Gasteiger partial charge on any atom is -0.480 e. The molecule has 10 heteroatoms. The molecular formula is C23H27FN2O6S. The molecule has 2 aromatic rings. The number of carbonyl (C=O) groups is 4. The molecule has 8 nitrogen and oxygen atoms in total. The van der Waals surface area contributed by atoms with Crippen LogP contribution in [0.3, 0.4) is 0 Å². The van der Waals surface area contributed by atoms with Gasteiger partial charge in [0.15, 0.2) is 0 Å². The second-order valence-electron chi connectivity index (χ2n) is 7.79. The van der Waals surface area contributed by atoms with E-state index in [9.17, 15) is 28.7 Å². The Kier molecular flexibility index (Phi) is 8.69. The van der Waals surface area contributed by atoms with Crippen molar-refractivity contribution < 1.29 is 33.4 Å². The van der Waals surface area contributed by atoms with Gasteiger partial charge in [-0.05, 0) is 42.5 Å². The molecule has 1 aromatic heterocycles. The van der Waals surface area contributed by atoms with E-state index in [4.69, 9.17) is 4.74 Å². The van der Waals surface area contributed by atoms with Gasteiger partial charge in [0.05, 0.1) is 23.5 Å². The Labute approximate surface area is 195 Å². The Bertz CT molecular complexity index is 1050. The predicted molar refractivity (Wildman–Crippen MR) is 122 cm³/mol. The van der Waals surface area contributed by atoms with Crippen molar-refractivity contribution in [2.24, 2.45) is 5.92 Å². The number of amides is 2. The van der Waals surface area contributed by atoms with E-state index < -0.39 is 41.5 Å². The van der Waals surface area contributed by atoms with Gasteiger partial charge in [-0.15, -0.1) is 11.3 Å². The molecule has 0 aliphatic heterocycles. The normalized spacial score (nSPS) is 12.7. The molecule has 2 atom stereocenters. The third kappa shape index (κ3) is 5.95. The van der Waals surface area contributed by atoms with Crippen molar-refractivity contribution in [1.82, 2.24) is 5.32 Å². The topological polar surface area (TPSA) is 122 Å². The van der Waals surface area contributed by atoms with Crippen molar-refractivity contribution in [2.45, 2.75) is 46.1 Å². The lowest BCUT2D eigenvalue weighted by Crippen LogP contribution is -2.44. The van der Waals surface area contributed by atoms with Gasteiger partial charge in [0.2, 0.25) is 5.91 Å². The summed E-state index contributed by atoms with van der Waals surface area (Å²) in [5.74, 6) is -4.44. The molecule has 2 rings (SSSR count). The second kappa shape index (κ2) is 11.0. The van der Waals surface area contributed by atoms with Crippen molar-refractivity contribution in [2.75, 3.05) is 12.4 Å². The maximum atomic E-state index is 13.3. The molecule has 0 radical (unpaired) electrons. The van der Waals surface area contributed by atoms with Gasteiger partial charge in [-0.1, -0.05) is 32.9 Å². The minimum atomic E-state index is -1.18. The zero-order valence-corrected chi connectivity index (χ0v) is 19.8. The summed E-state index contributed by atoms with van der Waals surface area (Å²) in [6, 6.07) is 4.43. The Hall–Kier alpha value is -3.27. The number of halogens is 1. The summed E-state index contributed by atoms with van der Waals surface area (Å²) < 4.78 is 18.1. The van der Waals surface area contributed by atoms with E-state index in [0.29, 0.717) is 12.0 Å². The van der Waals surface area contributed by atoms with Crippen LogP contribution in [0.4, 0.5) is 9.39 Å². The zero-order valence-electron chi connectivity index (χ0n) is 19.0. The first-order chi connectivity index (χ1) is 15.5. The summed E-state index contributed by atoms with van der Waals surface area (Å²) in [4.78, 5) is 49.8. The van der Waals surface area contributed by atoms with Crippen molar-refractivity contribution in [3.8, 4) is 0 Å². The van der Waals surface area contributed by atoms with Crippen LogP contribution >= 0.6 is 11.3 Å². The maximum Gasteiger partial charge on any atom is 0.341 e. The molecule has 0 fully saturated rings. The van der Waals surface area contributed by atoms with E-state index in [2.05, 4.69) is 10.6 Å². The average Bonchev–Trinajstić information content (AvgIpc) is 3.08. The number of anilines is 1. The molecule has 2 amide bonds. The number of nitrogens with one attached hydrogen (secondary N) is 2. The SMILES string of the molecule is CCC(C(=O)Nc1sc(C(=O)N[C@@H](C(=O)O)C(C)C)c(C)c1C(=O)OC)c1ccc(F)cc1. The number of carboxylic acid groups (broad SMARTS) is 1. The van der Waals surface area contributed by atoms with Crippen LogP contribution in [-0.2, 0) is 14.3 Å². The van der Waals surface area contributed by atoms with E-state index in [1.807, 2.05) is 0 Å². The number of benzene rings is 1. The molecule has 0 saturated carbocycles. The van der Waals surface area contributed by atoms with Crippen molar-refractivity contribution in [3.63, 3.8) is 0 Å². The van der Waals surface area contributed by atoms with Gasteiger partial charge in [-0.2, -0.15) is 0 Å². The van der Waals surface area contributed by atoms with Gasteiger partial charge in [0.1, 0.15) is 16.9 Å². The lowest BCUT2D eigenvalue weighted by molar-refractivity contribution is -0.140. The lowest BCUT2D eigenvalue weighted by Gasteiger charge is -2.17. The number of hydrogen-bond acceptors (Lipinski definition) is 6. The van der Waals surface area contributed by atoms with Gasteiger partial charge >= 0.3 is 11.9 Å². The number of hydrogen-bond donors (Lipinski definition) is 3. The molecule has 0 aliphatic rings. The summed E-state index contributed by atoms with van der Waals surface area (Å²) in [6.07, 6.45) is 0.414. The monoisotopic (exact) mass is 478 g/mol. The van der Waals surface area contributed by atoms with E-state index in [1.54, 1.807) is 20.8 Å². The number of methoxy groups -OCH3 is 1. The molecule has 178 valence electrons. The van der Waals surface area contributed by atoms with Crippen molar-refractivity contribution in [3.05, 3.63) is 51.7 Å². The van der Waals surface area contributed by atoms with E-state index in [0.717, 1.165) is 11.3 Å². The molecule has 1 heterocycles. The molecule has 0 bridgehead atoms. The number of ether oxygens (including phenoxy) is 1. The first kappa shape index (κ1) is 26.0. The third-order valence-corrected chi connectivity index (χ3v) is 6.40. The van der Waals surface area contributed by atoms with Crippen LogP contribution in [0.1, 0.15) is 64.3 Å². The molecule has 3 N–H and O–H groups in total. The van der Waals surface area contributed by atoms with Crippen molar-refractivity contribution >= 4 is 40.1 Å². The predicted octanol–water partition coefficient (Wildman–Crippen LogP) is 3.95. The fourth-order valence-corrected chi connectivity index (χ4v) is 4.45. The fourth-order valence-electron chi connectivity index (χ4n) is 3.35. The van der Waals surface area contributed by atoms with Gasteiger partial charge in [0, 0.05) is 0 Å². The highest BCUT2D eigenvalue weighted by atomic mass is 32.1. The molecule has 1 unspecified atom stereocenters. The lowest BCUT2D eigenvalue weighted by atomic mass is 9.95. The summed E-state index contributed by atoms with van der Waals surface area (Å²) >= 11 is 0.859. The van der Waals surface area contributed by atoms with E-state index in [1.165, 1.54) is 38.3 Å². The highest BCUT2D eigenvalue weighted by Crippen LogP contribution is 2.35. The van der Waals surface area contributed by atoms with Crippen LogP contribution < -0.4 is 10.6 Å². The summed E-state index contributed by atoms with van der Waals surface area (Å²) in [5.41, 5.74) is 0.886. The van der Waals surface area contributed by atoms with Gasteiger partial charge in [-0.25, -0.2) is 14.0 Å². The van der Waals surface area contributed by atoms with Gasteiger partial charge < -0.3 is 20.5 Å². The molecule has 0 saturated heterocycles. The number of rotatable bonds is 9. The summed E-state index contributed by atoms with van der Waals surface area (Å²) in [5, 5.41) is 14.6. The molecule has 0 spiro atoms. The highest BCUT2D eigenvalue weighted by molar-refractivity contribution is 7.18. The van der Waals surface area contributed by atoms with Crippen molar-refractivity contribution in [1.29, 1.82) is 0 Å². The Morgan fingerprint density at radius 3 is 2.24 bits per heavy atom. The number of thiophene rings is 1. The fraction of sp³-hybridized carbons (Fsp3) is 0.391. The Morgan fingerprint density at radius 1 is 1.15 bits per heavy atom. The maximum absolute atomic E-state index is 13.3. The first-order valence-corrected chi connectivity index (χ1v) is 11.1. The molecule has 0 aliphatic carbocycles. The van der Waals surface area contributed by atoms with Crippen LogP contribution in [0.25, 0.3) is 0 Å². The number of esters is 1.